The van der Waals surface area contributed by atoms with Crippen molar-refractivity contribution < 1.29 is 14.4 Å². The number of hydrogen-bond acceptors (Lipinski definition) is 3. The van der Waals surface area contributed by atoms with Gasteiger partial charge >= 0.3 is 6.03 Å². The Morgan fingerprint density at radius 1 is 1.11 bits per heavy atom. The molecule has 0 spiro atoms. The predicted octanol–water partition coefficient (Wildman–Crippen LogP) is 3.27. The first-order chi connectivity index (χ1) is 13.3. The van der Waals surface area contributed by atoms with E-state index in [1.807, 2.05) is 63.2 Å². The maximum absolute atomic E-state index is 13.0. The summed E-state index contributed by atoms with van der Waals surface area (Å²) in [5, 5.41) is 5.59. The number of hydrogen-bond donors (Lipinski definition) is 2. The van der Waals surface area contributed by atoms with E-state index in [2.05, 4.69) is 10.6 Å². The van der Waals surface area contributed by atoms with Crippen LogP contribution >= 0.6 is 0 Å². The zero-order valence-electron chi connectivity index (χ0n) is 16.6. The van der Waals surface area contributed by atoms with Crippen LogP contribution in [-0.4, -0.2) is 29.3 Å². The molecule has 1 aliphatic heterocycles. The van der Waals surface area contributed by atoms with Crippen molar-refractivity contribution in [3.05, 3.63) is 64.7 Å². The molecule has 0 saturated carbocycles. The highest BCUT2D eigenvalue weighted by atomic mass is 16.2. The first-order valence-corrected chi connectivity index (χ1v) is 9.36. The van der Waals surface area contributed by atoms with Crippen LogP contribution < -0.4 is 10.6 Å². The van der Waals surface area contributed by atoms with Gasteiger partial charge in [0.1, 0.15) is 12.1 Å². The zero-order valence-corrected chi connectivity index (χ0v) is 16.6. The van der Waals surface area contributed by atoms with E-state index >= 15 is 0 Å². The molecule has 1 aliphatic rings. The number of nitrogens with one attached hydrogen (secondary N) is 2. The molecule has 0 aliphatic carbocycles. The van der Waals surface area contributed by atoms with Crippen molar-refractivity contribution in [3.8, 4) is 0 Å². The molecule has 1 atom stereocenters. The van der Waals surface area contributed by atoms with E-state index < -0.39 is 23.4 Å². The van der Waals surface area contributed by atoms with Crippen molar-refractivity contribution in [1.82, 2.24) is 10.2 Å². The molecule has 146 valence electrons. The number of aryl methyl sites for hydroxylation is 3. The number of benzene rings is 2. The second-order valence-electron chi connectivity index (χ2n) is 7.32. The van der Waals surface area contributed by atoms with E-state index in [1.54, 1.807) is 6.92 Å². The van der Waals surface area contributed by atoms with Crippen LogP contribution in [0, 0.1) is 13.8 Å². The van der Waals surface area contributed by atoms with Gasteiger partial charge in [0.05, 0.1) is 0 Å². The summed E-state index contributed by atoms with van der Waals surface area (Å²) < 4.78 is 0. The lowest BCUT2D eigenvalue weighted by atomic mass is 9.91. The minimum Gasteiger partial charge on any atom is -0.324 e. The van der Waals surface area contributed by atoms with Crippen LogP contribution in [0.25, 0.3) is 0 Å². The second kappa shape index (κ2) is 7.46. The lowest BCUT2D eigenvalue weighted by Crippen LogP contribution is -2.42. The largest absolute Gasteiger partial charge is 0.325 e. The molecule has 6 nitrogen and oxygen atoms in total. The quantitative estimate of drug-likeness (QED) is 0.783. The number of nitrogens with zero attached hydrogens (tertiary/aromatic N) is 1. The Labute approximate surface area is 164 Å². The lowest BCUT2D eigenvalue weighted by molar-refractivity contribution is -0.133. The Bertz CT molecular complexity index is 937. The molecular weight excluding hydrogens is 354 g/mol. The molecule has 3 rings (SSSR count). The lowest BCUT2D eigenvalue weighted by Gasteiger charge is -2.22. The van der Waals surface area contributed by atoms with E-state index in [1.165, 1.54) is 0 Å². The van der Waals surface area contributed by atoms with Crippen LogP contribution in [0.3, 0.4) is 0 Å². The summed E-state index contributed by atoms with van der Waals surface area (Å²) in [4.78, 5) is 39.0. The van der Waals surface area contributed by atoms with Crippen LogP contribution in [0.1, 0.15) is 36.1 Å². The Balaban J connectivity index is 1.78. The summed E-state index contributed by atoms with van der Waals surface area (Å²) in [5.41, 5.74) is 3.26. The van der Waals surface area contributed by atoms with Crippen molar-refractivity contribution in [2.24, 2.45) is 0 Å². The van der Waals surface area contributed by atoms with Gasteiger partial charge in [-0.15, -0.1) is 0 Å². The van der Waals surface area contributed by atoms with Crippen molar-refractivity contribution in [2.45, 2.75) is 39.7 Å². The average Bonchev–Trinajstić information content (AvgIpc) is 2.88. The number of urea groups is 1. The van der Waals surface area contributed by atoms with Gasteiger partial charge in [-0.2, -0.15) is 0 Å². The maximum atomic E-state index is 13.0. The van der Waals surface area contributed by atoms with Gasteiger partial charge < -0.3 is 10.6 Å². The fourth-order valence-electron chi connectivity index (χ4n) is 3.45. The molecule has 1 unspecified atom stereocenters. The van der Waals surface area contributed by atoms with E-state index in [0.29, 0.717) is 5.56 Å². The molecule has 0 radical (unpaired) electrons. The summed E-state index contributed by atoms with van der Waals surface area (Å²) in [6.07, 6.45) is 0.770. The predicted molar refractivity (Wildman–Crippen MR) is 108 cm³/mol. The van der Waals surface area contributed by atoms with Crippen LogP contribution in [0.15, 0.2) is 42.5 Å². The normalized spacial score (nSPS) is 18.9. The Hall–Kier alpha value is -3.15. The van der Waals surface area contributed by atoms with Gasteiger partial charge in [-0.1, -0.05) is 55.0 Å². The minimum atomic E-state index is -1.18. The van der Waals surface area contributed by atoms with Crippen LogP contribution in [-0.2, 0) is 21.5 Å². The zero-order chi connectivity index (χ0) is 20.5. The highest BCUT2D eigenvalue weighted by molar-refractivity contribution is 6.10. The number of para-hydroxylation sites is 1. The molecule has 2 aromatic carbocycles. The van der Waals surface area contributed by atoms with Crippen molar-refractivity contribution >= 4 is 23.5 Å². The summed E-state index contributed by atoms with van der Waals surface area (Å²) in [6, 6.07) is 12.6. The minimum absolute atomic E-state index is 0.330. The maximum Gasteiger partial charge on any atom is 0.325 e. The number of anilines is 1. The molecule has 4 amide bonds. The summed E-state index contributed by atoms with van der Waals surface area (Å²) in [7, 11) is 0. The van der Waals surface area contributed by atoms with E-state index in [9.17, 15) is 14.4 Å². The highest BCUT2D eigenvalue weighted by Gasteiger charge is 2.49. The third kappa shape index (κ3) is 3.50. The van der Waals surface area contributed by atoms with E-state index in [-0.39, 0.29) is 6.54 Å². The Morgan fingerprint density at radius 3 is 2.43 bits per heavy atom. The molecule has 0 aromatic heterocycles. The average molecular weight is 379 g/mol. The topological polar surface area (TPSA) is 78.5 Å². The summed E-state index contributed by atoms with van der Waals surface area (Å²) >= 11 is 0. The highest BCUT2D eigenvalue weighted by Crippen LogP contribution is 2.29. The molecule has 1 saturated heterocycles. The van der Waals surface area contributed by atoms with E-state index in [0.717, 1.165) is 33.7 Å². The van der Waals surface area contributed by atoms with Gasteiger partial charge in [0.2, 0.25) is 5.91 Å². The Morgan fingerprint density at radius 2 is 1.79 bits per heavy atom. The third-order valence-corrected chi connectivity index (χ3v) is 5.21. The van der Waals surface area contributed by atoms with Crippen molar-refractivity contribution in [3.63, 3.8) is 0 Å². The van der Waals surface area contributed by atoms with Gasteiger partial charge in [-0.3, -0.25) is 14.5 Å². The molecular formula is C22H25N3O3. The van der Waals surface area contributed by atoms with Gasteiger partial charge in [-0.25, -0.2) is 4.79 Å². The van der Waals surface area contributed by atoms with Crippen LogP contribution in [0.5, 0.6) is 0 Å². The Kier molecular flexibility index (Phi) is 5.23. The van der Waals surface area contributed by atoms with Crippen molar-refractivity contribution in [1.29, 1.82) is 0 Å². The molecule has 2 aromatic rings. The number of carbonyl (C=O) groups is 3. The standard InChI is InChI=1S/C22H25N3O3/c1-5-16-8-6-7-15(3)19(16)23-18(26)13-25-20(27)22(4,24-21(25)28)17-11-9-14(2)10-12-17/h6-12H,5,13H2,1-4H3,(H,23,26)(H,24,28). The second-order valence-corrected chi connectivity index (χ2v) is 7.32. The summed E-state index contributed by atoms with van der Waals surface area (Å²) in [5.74, 6) is -0.836. The number of carbonyl (C=O) groups excluding carboxylic acids is 3. The molecule has 6 heteroatoms. The first-order valence-electron chi connectivity index (χ1n) is 9.36. The smallest absolute Gasteiger partial charge is 0.324 e. The molecule has 1 fully saturated rings. The first kappa shape index (κ1) is 19.6. The van der Waals surface area contributed by atoms with Crippen molar-refractivity contribution in [2.75, 3.05) is 11.9 Å². The van der Waals surface area contributed by atoms with Gasteiger partial charge in [-0.05, 0) is 43.9 Å². The molecule has 28 heavy (non-hydrogen) atoms. The number of rotatable bonds is 5. The number of amides is 4. The fraction of sp³-hybridized carbons (Fsp3) is 0.318. The summed E-state index contributed by atoms with van der Waals surface area (Å²) in [6.45, 7) is 7.20. The van der Waals surface area contributed by atoms with E-state index in [4.69, 9.17) is 0 Å². The molecule has 2 N–H and O–H groups in total. The SMILES string of the molecule is CCc1cccc(C)c1NC(=O)CN1C(=O)NC(C)(c2ccc(C)cc2)C1=O. The molecule has 0 bridgehead atoms. The van der Waals surface area contributed by atoms with Gasteiger partial charge in [0.25, 0.3) is 5.91 Å². The molecule has 1 heterocycles. The van der Waals surface area contributed by atoms with Crippen LogP contribution in [0.4, 0.5) is 10.5 Å². The third-order valence-electron chi connectivity index (χ3n) is 5.21. The number of imide groups is 1. The van der Waals surface area contributed by atoms with Gasteiger partial charge in [0.15, 0.2) is 0 Å². The fourth-order valence-corrected chi connectivity index (χ4v) is 3.45. The monoisotopic (exact) mass is 379 g/mol. The van der Waals surface area contributed by atoms with Crippen LogP contribution in [0.2, 0.25) is 0 Å². The van der Waals surface area contributed by atoms with Gasteiger partial charge in [0, 0.05) is 5.69 Å².